The van der Waals surface area contributed by atoms with E-state index >= 15 is 0 Å². The van der Waals surface area contributed by atoms with Crippen LogP contribution < -0.4 is 4.74 Å². The van der Waals surface area contributed by atoms with Gasteiger partial charge in [-0.3, -0.25) is 0 Å². The molecule has 2 aromatic carbocycles. The van der Waals surface area contributed by atoms with Crippen LogP contribution in [0.3, 0.4) is 0 Å². The maximum Gasteiger partial charge on any atom is 0.131 e. The second kappa shape index (κ2) is 7.89. The average molecular weight is 327 g/mol. The molecule has 23 heavy (non-hydrogen) atoms. The lowest BCUT2D eigenvalue weighted by Crippen LogP contribution is -2.25. The molecule has 0 saturated heterocycles. The Bertz CT molecular complexity index is 639. The molecule has 2 nitrogen and oxygen atoms in total. The molecule has 0 N–H and O–H groups in total. The van der Waals surface area contributed by atoms with E-state index in [1.165, 1.54) is 11.1 Å². The summed E-state index contributed by atoms with van der Waals surface area (Å²) >= 11 is 2.05. The lowest BCUT2D eigenvalue weighted by atomic mass is 10.0. The van der Waals surface area contributed by atoms with Crippen LogP contribution in [0.25, 0.3) is 0 Å². The highest BCUT2D eigenvalue weighted by molar-refractivity contribution is 7.99. The molecule has 0 amide bonds. The lowest BCUT2D eigenvalue weighted by molar-refractivity contribution is 0.323. The maximum atomic E-state index is 6.18. The predicted molar refractivity (Wildman–Crippen MR) is 99.6 cm³/mol. The van der Waals surface area contributed by atoms with E-state index in [9.17, 15) is 0 Å². The van der Waals surface area contributed by atoms with Gasteiger partial charge in [-0.15, -0.1) is 0 Å². The largest absolute Gasteiger partial charge is 0.457 e. The van der Waals surface area contributed by atoms with Gasteiger partial charge in [-0.2, -0.15) is 11.8 Å². The number of para-hydroxylation sites is 2. The number of thioether (sulfide) groups is 1. The zero-order valence-corrected chi connectivity index (χ0v) is 14.8. The molecule has 0 aliphatic carbocycles. The van der Waals surface area contributed by atoms with E-state index in [0.717, 1.165) is 43.3 Å². The standard InChI is InChI=1S/C20H25NOS/c1-3-21(4-2)13-14-23-20-15-16-9-5-7-11-18(16)22-19-12-8-6-10-17(19)20/h5-12,20H,3-4,13-15H2,1-2H3. The highest BCUT2D eigenvalue weighted by Gasteiger charge is 2.23. The molecule has 3 heteroatoms. The van der Waals surface area contributed by atoms with Gasteiger partial charge in [0.1, 0.15) is 11.5 Å². The fraction of sp³-hybridized carbons (Fsp3) is 0.400. The van der Waals surface area contributed by atoms with Crippen molar-refractivity contribution in [1.82, 2.24) is 4.90 Å². The van der Waals surface area contributed by atoms with Gasteiger partial charge >= 0.3 is 0 Å². The van der Waals surface area contributed by atoms with Crippen LogP contribution in [0.2, 0.25) is 0 Å². The zero-order valence-electron chi connectivity index (χ0n) is 14.0. The second-order valence-electron chi connectivity index (χ2n) is 5.84. The molecule has 122 valence electrons. The summed E-state index contributed by atoms with van der Waals surface area (Å²) in [6.45, 7) is 7.88. The first-order chi connectivity index (χ1) is 11.3. The Morgan fingerprint density at radius 1 is 1.00 bits per heavy atom. The Hall–Kier alpha value is -1.45. The molecular formula is C20H25NOS. The molecule has 3 rings (SSSR count). The fourth-order valence-corrected chi connectivity index (χ4v) is 4.37. The Kier molecular flexibility index (Phi) is 5.63. The Balaban J connectivity index is 1.78. The molecule has 0 saturated carbocycles. The van der Waals surface area contributed by atoms with Gasteiger partial charge in [-0.05, 0) is 37.2 Å². The summed E-state index contributed by atoms with van der Waals surface area (Å²) in [7, 11) is 0. The first-order valence-corrected chi connectivity index (χ1v) is 9.55. The van der Waals surface area contributed by atoms with Crippen molar-refractivity contribution in [2.75, 3.05) is 25.4 Å². The molecule has 1 aliphatic rings. The Labute approximate surface area is 143 Å². The second-order valence-corrected chi connectivity index (χ2v) is 7.15. The summed E-state index contributed by atoms with van der Waals surface area (Å²) in [5.74, 6) is 3.17. The van der Waals surface area contributed by atoms with Crippen LogP contribution in [0.1, 0.15) is 30.2 Å². The van der Waals surface area contributed by atoms with E-state index in [4.69, 9.17) is 4.74 Å². The first kappa shape index (κ1) is 16.4. The van der Waals surface area contributed by atoms with Gasteiger partial charge in [0.25, 0.3) is 0 Å². The molecule has 2 aromatic rings. The maximum absolute atomic E-state index is 6.18. The van der Waals surface area contributed by atoms with Crippen molar-refractivity contribution in [3.8, 4) is 11.5 Å². The molecule has 0 fully saturated rings. The summed E-state index contributed by atoms with van der Waals surface area (Å²) in [6.07, 6.45) is 1.04. The molecule has 1 aliphatic heterocycles. The molecule has 0 spiro atoms. The minimum atomic E-state index is 0.463. The monoisotopic (exact) mass is 327 g/mol. The minimum absolute atomic E-state index is 0.463. The first-order valence-electron chi connectivity index (χ1n) is 8.50. The number of hydrogen-bond acceptors (Lipinski definition) is 3. The summed E-state index contributed by atoms with van der Waals surface area (Å²) in [6, 6.07) is 16.9. The number of ether oxygens (including phenoxy) is 1. The number of fused-ring (bicyclic) bond motifs is 2. The minimum Gasteiger partial charge on any atom is -0.457 e. The molecule has 0 radical (unpaired) electrons. The van der Waals surface area contributed by atoms with E-state index < -0.39 is 0 Å². The number of nitrogens with zero attached hydrogens (tertiary/aromatic N) is 1. The predicted octanol–water partition coefficient (Wildman–Crippen LogP) is 5.15. The third kappa shape index (κ3) is 3.91. The van der Waals surface area contributed by atoms with E-state index in [0.29, 0.717) is 5.25 Å². The molecular weight excluding hydrogens is 302 g/mol. The van der Waals surface area contributed by atoms with Crippen LogP contribution in [0.15, 0.2) is 48.5 Å². The topological polar surface area (TPSA) is 12.5 Å². The summed E-state index contributed by atoms with van der Waals surface area (Å²) < 4.78 is 6.18. The van der Waals surface area contributed by atoms with Gasteiger partial charge in [0.2, 0.25) is 0 Å². The SMILES string of the molecule is CCN(CC)CCSC1Cc2ccccc2Oc2ccccc21. The third-order valence-corrected chi connectivity index (χ3v) is 5.73. The van der Waals surface area contributed by atoms with Gasteiger partial charge in [0, 0.05) is 23.1 Å². The van der Waals surface area contributed by atoms with E-state index in [-0.39, 0.29) is 0 Å². The molecule has 0 aromatic heterocycles. The molecule has 1 atom stereocenters. The van der Waals surface area contributed by atoms with Crippen molar-refractivity contribution in [3.05, 3.63) is 59.7 Å². The van der Waals surface area contributed by atoms with Gasteiger partial charge in [-0.25, -0.2) is 0 Å². The van der Waals surface area contributed by atoms with E-state index in [1.807, 2.05) is 0 Å². The average Bonchev–Trinajstić information content (AvgIpc) is 2.75. The van der Waals surface area contributed by atoms with Crippen LogP contribution in [0.5, 0.6) is 11.5 Å². The highest BCUT2D eigenvalue weighted by Crippen LogP contribution is 2.44. The number of benzene rings is 2. The zero-order chi connectivity index (χ0) is 16.1. The van der Waals surface area contributed by atoms with Gasteiger partial charge in [-0.1, -0.05) is 50.2 Å². The third-order valence-electron chi connectivity index (χ3n) is 4.48. The highest BCUT2D eigenvalue weighted by atomic mass is 32.2. The number of rotatable bonds is 6. The van der Waals surface area contributed by atoms with Crippen molar-refractivity contribution in [2.24, 2.45) is 0 Å². The lowest BCUT2D eigenvalue weighted by Gasteiger charge is -2.21. The number of hydrogen-bond donors (Lipinski definition) is 0. The van der Waals surface area contributed by atoms with Crippen molar-refractivity contribution in [1.29, 1.82) is 0 Å². The summed E-state index contributed by atoms with van der Waals surface area (Å²) in [4.78, 5) is 2.49. The van der Waals surface area contributed by atoms with Crippen LogP contribution in [-0.4, -0.2) is 30.3 Å². The summed E-state index contributed by atoms with van der Waals surface area (Å²) in [5.41, 5.74) is 2.64. The fourth-order valence-electron chi connectivity index (χ4n) is 3.05. The van der Waals surface area contributed by atoms with E-state index in [1.54, 1.807) is 0 Å². The van der Waals surface area contributed by atoms with Crippen LogP contribution in [-0.2, 0) is 6.42 Å². The summed E-state index contributed by atoms with van der Waals surface area (Å²) in [5, 5.41) is 0.463. The van der Waals surface area contributed by atoms with Gasteiger partial charge < -0.3 is 9.64 Å². The normalized spacial score (nSPS) is 16.4. The van der Waals surface area contributed by atoms with Crippen molar-refractivity contribution >= 4 is 11.8 Å². The smallest absolute Gasteiger partial charge is 0.131 e. The van der Waals surface area contributed by atoms with Gasteiger partial charge in [0.15, 0.2) is 0 Å². The van der Waals surface area contributed by atoms with Crippen LogP contribution in [0, 0.1) is 0 Å². The van der Waals surface area contributed by atoms with Crippen LogP contribution in [0.4, 0.5) is 0 Å². The van der Waals surface area contributed by atoms with Crippen LogP contribution >= 0.6 is 11.8 Å². The Morgan fingerprint density at radius 3 is 2.48 bits per heavy atom. The quantitative estimate of drug-likeness (QED) is 0.728. The molecule has 1 heterocycles. The van der Waals surface area contributed by atoms with E-state index in [2.05, 4.69) is 79.0 Å². The van der Waals surface area contributed by atoms with Gasteiger partial charge in [0.05, 0.1) is 0 Å². The Morgan fingerprint density at radius 2 is 1.70 bits per heavy atom. The molecule has 0 bridgehead atoms. The van der Waals surface area contributed by atoms with Crippen molar-refractivity contribution in [3.63, 3.8) is 0 Å². The van der Waals surface area contributed by atoms with Crippen molar-refractivity contribution in [2.45, 2.75) is 25.5 Å². The van der Waals surface area contributed by atoms with Crippen molar-refractivity contribution < 1.29 is 4.74 Å². The molecule has 1 unspecified atom stereocenters.